The van der Waals surface area contributed by atoms with Gasteiger partial charge in [-0.1, -0.05) is 23.2 Å². The molecule has 0 aliphatic carbocycles. The molecule has 1 unspecified atom stereocenters. The van der Waals surface area contributed by atoms with Gasteiger partial charge >= 0.3 is 0 Å². The summed E-state index contributed by atoms with van der Waals surface area (Å²) in [6, 6.07) is 1.79. The highest BCUT2D eigenvalue weighted by molar-refractivity contribution is 7.99. The number of halogens is 2. The SMILES string of the molecule is O=C(NC1CCSC1)c1cnc(Cl)c(Cl)c1. The molecule has 1 amide bonds. The van der Waals surface area contributed by atoms with Gasteiger partial charge in [0.05, 0.1) is 10.6 Å². The molecule has 0 spiro atoms. The highest BCUT2D eigenvalue weighted by Gasteiger charge is 2.18. The fourth-order valence-corrected chi connectivity index (χ4v) is 2.88. The quantitative estimate of drug-likeness (QED) is 0.845. The van der Waals surface area contributed by atoms with E-state index < -0.39 is 0 Å². The number of hydrogen-bond donors (Lipinski definition) is 1. The van der Waals surface area contributed by atoms with E-state index in [9.17, 15) is 4.79 Å². The van der Waals surface area contributed by atoms with Crippen LogP contribution in [0.3, 0.4) is 0 Å². The van der Waals surface area contributed by atoms with Crippen molar-refractivity contribution in [3.8, 4) is 0 Å². The molecule has 1 N–H and O–H groups in total. The van der Waals surface area contributed by atoms with Gasteiger partial charge in [0.25, 0.3) is 5.91 Å². The molecule has 1 aliphatic heterocycles. The Balaban J connectivity index is 2.05. The van der Waals surface area contributed by atoms with E-state index in [1.54, 1.807) is 0 Å². The molecule has 16 heavy (non-hydrogen) atoms. The second-order valence-electron chi connectivity index (χ2n) is 3.53. The zero-order valence-electron chi connectivity index (χ0n) is 8.37. The molecule has 0 radical (unpaired) electrons. The first-order chi connectivity index (χ1) is 7.66. The minimum atomic E-state index is -0.140. The van der Waals surface area contributed by atoms with E-state index in [-0.39, 0.29) is 17.1 Å². The van der Waals surface area contributed by atoms with Crippen molar-refractivity contribution < 1.29 is 4.79 Å². The van der Waals surface area contributed by atoms with E-state index in [0.717, 1.165) is 17.9 Å². The van der Waals surface area contributed by atoms with Crippen molar-refractivity contribution in [2.45, 2.75) is 12.5 Å². The Bertz CT molecular complexity index is 408. The zero-order valence-corrected chi connectivity index (χ0v) is 10.7. The molecule has 1 atom stereocenters. The number of thioether (sulfide) groups is 1. The van der Waals surface area contributed by atoms with Crippen LogP contribution in [0.4, 0.5) is 0 Å². The third-order valence-electron chi connectivity index (χ3n) is 2.32. The monoisotopic (exact) mass is 276 g/mol. The van der Waals surface area contributed by atoms with Crippen LogP contribution in [0.2, 0.25) is 10.2 Å². The molecule has 86 valence electrons. The number of carbonyl (C=O) groups excluding carboxylic acids is 1. The first-order valence-electron chi connectivity index (χ1n) is 4.86. The van der Waals surface area contributed by atoms with Gasteiger partial charge in [-0.2, -0.15) is 11.8 Å². The lowest BCUT2D eigenvalue weighted by Gasteiger charge is -2.11. The van der Waals surface area contributed by atoms with E-state index in [4.69, 9.17) is 23.2 Å². The maximum Gasteiger partial charge on any atom is 0.253 e. The van der Waals surface area contributed by atoms with Crippen LogP contribution in [0, 0.1) is 0 Å². The molecule has 1 saturated heterocycles. The minimum absolute atomic E-state index is 0.140. The van der Waals surface area contributed by atoms with Crippen molar-refractivity contribution in [1.82, 2.24) is 10.3 Å². The van der Waals surface area contributed by atoms with Gasteiger partial charge < -0.3 is 5.32 Å². The Kier molecular flexibility index (Phi) is 3.95. The number of rotatable bonds is 2. The van der Waals surface area contributed by atoms with Gasteiger partial charge in [0.2, 0.25) is 0 Å². The van der Waals surface area contributed by atoms with Crippen molar-refractivity contribution >= 4 is 40.9 Å². The minimum Gasteiger partial charge on any atom is -0.348 e. The molecule has 1 aromatic heterocycles. The normalized spacial score (nSPS) is 19.8. The molecule has 2 heterocycles. The highest BCUT2D eigenvalue weighted by Crippen LogP contribution is 2.21. The largest absolute Gasteiger partial charge is 0.348 e. The maximum absolute atomic E-state index is 11.8. The third-order valence-corrected chi connectivity index (χ3v) is 4.17. The number of amides is 1. The standard InChI is InChI=1S/C10H10Cl2N2OS/c11-8-3-6(4-13-9(8)12)10(15)14-7-1-2-16-5-7/h3-4,7H,1-2,5H2,(H,14,15). The molecule has 0 aromatic carbocycles. The van der Waals surface area contributed by atoms with Crippen LogP contribution in [0.15, 0.2) is 12.3 Å². The van der Waals surface area contributed by atoms with Gasteiger partial charge in [0, 0.05) is 18.0 Å². The van der Waals surface area contributed by atoms with Crippen molar-refractivity contribution in [1.29, 1.82) is 0 Å². The van der Waals surface area contributed by atoms with E-state index in [2.05, 4.69) is 10.3 Å². The molecule has 2 rings (SSSR count). The molecule has 6 heteroatoms. The summed E-state index contributed by atoms with van der Waals surface area (Å²) in [5.41, 5.74) is 0.450. The smallest absolute Gasteiger partial charge is 0.253 e. The lowest BCUT2D eigenvalue weighted by molar-refractivity contribution is 0.0941. The predicted molar refractivity (Wildman–Crippen MR) is 67.5 cm³/mol. The topological polar surface area (TPSA) is 42.0 Å². The van der Waals surface area contributed by atoms with Crippen LogP contribution < -0.4 is 5.32 Å². The summed E-state index contributed by atoms with van der Waals surface area (Å²) in [5, 5.41) is 3.46. The average molecular weight is 277 g/mol. The Labute approximate surface area is 108 Å². The zero-order chi connectivity index (χ0) is 11.5. The Morgan fingerprint density at radius 2 is 2.38 bits per heavy atom. The molecule has 1 fully saturated rings. The van der Waals surface area contributed by atoms with Gasteiger partial charge in [-0.05, 0) is 18.2 Å². The van der Waals surface area contributed by atoms with Crippen LogP contribution in [0.5, 0.6) is 0 Å². The first kappa shape index (κ1) is 12.0. The summed E-state index contributed by atoms with van der Waals surface area (Å²) in [5.74, 6) is 1.93. The molecular weight excluding hydrogens is 267 g/mol. The fraction of sp³-hybridized carbons (Fsp3) is 0.400. The van der Waals surface area contributed by atoms with E-state index in [1.165, 1.54) is 12.3 Å². The van der Waals surface area contributed by atoms with Gasteiger partial charge in [0.1, 0.15) is 5.15 Å². The second-order valence-corrected chi connectivity index (χ2v) is 5.45. The van der Waals surface area contributed by atoms with Crippen LogP contribution in [-0.2, 0) is 0 Å². The number of aromatic nitrogens is 1. The van der Waals surface area contributed by atoms with E-state index in [1.807, 2.05) is 11.8 Å². The van der Waals surface area contributed by atoms with Crippen molar-refractivity contribution in [2.24, 2.45) is 0 Å². The lowest BCUT2D eigenvalue weighted by atomic mass is 10.2. The van der Waals surface area contributed by atoms with Gasteiger partial charge in [-0.25, -0.2) is 4.98 Å². The molecule has 1 aromatic rings. The van der Waals surface area contributed by atoms with Crippen molar-refractivity contribution in [3.63, 3.8) is 0 Å². The summed E-state index contributed by atoms with van der Waals surface area (Å²) in [6.45, 7) is 0. The molecule has 0 saturated carbocycles. The first-order valence-corrected chi connectivity index (χ1v) is 6.77. The highest BCUT2D eigenvalue weighted by atomic mass is 35.5. The fourth-order valence-electron chi connectivity index (χ4n) is 1.46. The number of nitrogens with one attached hydrogen (secondary N) is 1. The molecular formula is C10H10Cl2N2OS. The number of nitrogens with zero attached hydrogens (tertiary/aromatic N) is 1. The van der Waals surface area contributed by atoms with Gasteiger partial charge in [-0.15, -0.1) is 0 Å². The summed E-state index contributed by atoms with van der Waals surface area (Å²) in [6.07, 6.45) is 2.46. The van der Waals surface area contributed by atoms with Crippen molar-refractivity contribution in [3.05, 3.63) is 28.0 Å². The van der Waals surface area contributed by atoms with Crippen LogP contribution in [0.25, 0.3) is 0 Å². The average Bonchev–Trinajstić information content (AvgIpc) is 2.74. The number of hydrogen-bond acceptors (Lipinski definition) is 3. The number of carbonyl (C=O) groups is 1. The Morgan fingerprint density at radius 3 is 3.00 bits per heavy atom. The molecule has 1 aliphatic rings. The summed E-state index contributed by atoms with van der Waals surface area (Å²) < 4.78 is 0. The van der Waals surface area contributed by atoms with Crippen LogP contribution >= 0.6 is 35.0 Å². The van der Waals surface area contributed by atoms with Crippen LogP contribution in [0.1, 0.15) is 16.8 Å². The Hall–Kier alpha value is -0.450. The van der Waals surface area contributed by atoms with Gasteiger partial charge in [-0.3, -0.25) is 4.79 Å². The van der Waals surface area contributed by atoms with E-state index >= 15 is 0 Å². The summed E-state index contributed by atoms with van der Waals surface area (Å²) in [4.78, 5) is 15.6. The third kappa shape index (κ3) is 2.81. The summed E-state index contributed by atoms with van der Waals surface area (Å²) in [7, 11) is 0. The van der Waals surface area contributed by atoms with Crippen molar-refractivity contribution in [2.75, 3.05) is 11.5 Å². The molecule has 3 nitrogen and oxygen atoms in total. The predicted octanol–water partition coefficient (Wildman–Crippen LogP) is 2.62. The maximum atomic E-state index is 11.8. The van der Waals surface area contributed by atoms with E-state index in [0.29, 0.717) is 10.6 Å². The lowest BCUT2D eigenvalue weighted by Crippen LogP contribution is -2.34. The Morgan fingerprint density at radius 1 is 1.56 bits per heavy atom. The summed E-state index contributed by atoms with van der Waals surface area (Å²) >= 11 is 13.3. The number of pyridine rings is 1. The van der Waals surface area contributed by atoms with Gasteiger partial charge in [0.15, 0.2) is 0 Å². The molecule has 0 bridgehead atoms. The second kappa shape index (κ2) is 5.25. The van der Waals surface area contributed by atoms with Crippen LogP contribution in [-0.4, -0.2) is 28.4 Å².